The molecule has 1 unspecified atom stereocenters. The number of hydrogen-bond donors (Lipinski definition) is 2. The van der Waals surface area contributed by atoms with Gasteiger partial charge in [-0.15, -0.1) is 0 Å². The van der Waals surface area contributed by atoms with Crippen molar-refractivity contribution in [2.45, 2.75) is 38.2 Å². The Balaban J connectivity index is 1.75. The predicted molar refractivity (Wildman–Crippen MR) is 74.7 cm³/mol. The molecule has 106 valence electrons. The maximum atomic E-state index is 11.9. The fraction of sp³-hybridized carbons (Fsp3) is 0.467. The van der Waals surface area contributed by atoms with Crippen LogP contribution in [0.4, 0.5) is 5.69 Å². The molecule has 0 aromatic heterocycles. The summed E-state index contributed by atoms with van der Waals surface area (Å²) in [6, 6.07) is 5.64. The summed E-state index contributed by atoms with van der Waals surface area (Å²) in [4.78, 5) is 23.3. The Morgan fingerprint density at radius 2 is 2.05 bits per heavy atom. The quantitative estimate of drug-likeness (QED) is 0.861. The van der Waals surface area contributed by atoms with E-state index in [0.29, 0.717) is 12.2 Å². The lowest BCUT2D eigenvalue weighted by Crippen LogP contribution is -2.36. The molecule has 1 atom stereocenters. The smallest absolute Gasteiger partial charge is 0.261 e. The van der Waals surface area contributed by atoms with Gasteiger partial charge in [-0.1, -0.05) is 6.07 Å². The summed E-state index contributed by atoms with van der Waals surface area (Å²) in [5, 5.41) is 5.69. The third-order valence-corrected chi connectivity index (χ3v) is 3.74. The molecule has 1 aromatic rings. The van der Waals surface area contributed by atoms with Gasteiger partial charge >= 0.3 is 0 Å². The van der Waals surface area contributed by atoms with E-state index >= 15 is 0 Å². The highest BCUT2D eigenvalue weighted by atomic mass is 16.5. The molecule has 2 aliphatic rings. The fourth-order valence-corrected chi connectivity index (χ4v) is 2.61. The van der Waals surface area contributed by atoms with Crippen LogP contribution in [0.15, 0.2) is 18.2 Å². The monoisotopic (exact) mass is 274 g/mol. The van der Waals surface area contributed by atoms with Crippen molar-refractivity contribution < 1.29 is 14.3 Å². The highest BCUT2D eigenvalue weighted by Gasteiger charge is 2.23. The second-order valence-corrected chi connectivity index (χ2v) is 5.26. The number of amides is 2. The topological polar surface area (TPSA) is 67.4 Å². The summed E-state index contributed by atoms with van der Waals surface area (Å²) in [7, 11) is 0. The lowest BCUT2D eigenvalue weighted by molar-refractivity contribution is -0.127. The zero-order valence-electron chi connectivity index (χ0n) is 11.3. The van der Waals surface area contributed by atoms with Crippen molar-refractivity contribution in [2.24, 2.45) is 0 Å². The molecule has 2 N–H and O–H groups in total. The first-order valence-electron chi connectivity index (χ1n) is 7.09. The van der Waals surface area contributed by atoms with Crippen LogP contribution >= 0.6 is 0 Å². The summed E-state index contributed by atoms with van der Waals surface area (Å²) in [6.07, 6.45) is 3.55. The molecule has 0 saturated carbocycles. The van der Waals surface area contributed by atoms with Gasteiger partial charge in [0.1, 0.15) is 5.75 Å². The Kier molecular flexibility index (Phi) is 3.58. The Hall–Kier alpha value is -2.04. The number of aryl methyl sites for hydroxylation is 1. The third-order valence-electron chi connectivity index (χ3n) is 3.74. The molecule has 2 amide bonds. The first kappa shape index (κ1) is 13.0. The van der Waals surface area contributed by atoms with Crippen LogP contribution in [0.3, 0.4) is 0 Å². The maximum absolute atomic E-state index is 11.9. The number of anilines is 1. The molecule has 1 saturated heterocycles. The van der Waals surface area contributed by atoms with Gasteiger partial charge < -0.3 is 15.4 Å². The highest BCUT2D eigenvalue weighted by molar-refractivity contribution is 5.94. The Morgan fingerprint density at radius 3 is 2.95 bits per heavy atom. The lowest BCUT2D eigenvalue weighted by Gasteiger charge is -2.20. The molecular weight excluding hydrogens is 256 g/mol. The second kappa shape index (κ2) is 5.53. The van der Waals surface area contributed by atoms with Crippen molar-refractivity contribution in [3.8, 4) is 5.75 Å². The third kappa shape index (κ3) is 2.76. The molecule has 0 bridgehead atoms. The number of fused-ring (bicyclic) bond motifs is 1. The number of carbonyl (C=O) groups is 2. The van der Waals surface area contributed by atoms with Gasteiger partial charge in [0.2, 0.25) is 5.91 Å². The van der Waals surface area contributed by atoms with Crippen LogP contribution in [-0.4, -0.2) is 24.5 Å². The summed E-state index contributed by atoms with van der Waals surface area (Å²) >= 11 is 0. The van der Waals surface area contributed by atoms with Gasteiger partial charge in [-0.05, 0) is 37.3 Å². The Labute approximate surface area is 117 Å². The molecule has 0 aliphatic carbocycles. The SMILES string of the molecule is O=C1CCc2ccc(OC3CCCCNC3=O)cc2N1. The fourth-order valence-electron chi connectivity index (χ4n) is 2.61. The van der Waals surface area contributed by atoms with Crippen LogP contribution in [0.2, 0.25) is 0 Å². The minimum absolute atomic E-state index is 0.0295. The molecule has 3 rings (SSSR count). The van der Waals surface area contributed by atoms with E-state index < -0.39 is 6.10 Å². The largest absolute Gasteiger partial charge is 0.481 e. The minimum atomic E-state index is -0.435. The molecule has 5 heteroatoms. The molecule has 1 aromatic carbocycles. The van der Waals surface area contributed by atoms with Gasteiger partial charge in [0.15, 0.2) is 6.10 Å². The van der Waals surface area contributed by atoms with Crippen LogP contribution in [0.5, 0.6) is 5.75 Å². The van der Waals surface area contributed by atoms with Gasteiger partial charge in [0.25, 0.3) is 5.91 Å². The number of benzene rings is 1. The van der Waals surface area contributed by atoms with Crippen LogP contribution in [0.1, 0.15) is 31.2 Å². The predicted octanol–water partition coefficient (Wildman–Crippen LogP) is 1.62. The van der Waals surface area contributed by atoms with E-state index in [2.05, 4.69) is 10.6 Å². The standard InChI is InChI=1S/C15H18N2O3/c18-14-7-5-10-4-6-11(9-12(10)17-14)20-13-3-1-2-8-16-15(13)19/h4,6,9,13H,1-3,5,7-8H2,(H,16,19)(H,17,18). The number of carbonyl (C=O) groups excluding carboxylic acids is 2. The molecule has 5 nitrogen and oxygen atoms in total. The van der Waals surface area contributed by atoms with Crippen LogP contribution in [-0.2, 0) is 16.0 Å². The number of nitrogens with one attached hydrogen (secondary N) is 2. The van der Waals surface area contributed by atoms with E-state index in [1.54, 1.807) is 0 Å². The van der Waals surface area contributed by atoms with Crippen LogP contribution in [0.25, 0.3) is 0 Å². The average Bonchev–Trinajstić information content (AvgIpc) is 2.64. The average molecular weight is 274 g/mol. The Morgan fingerprint density at radius 1 is 1.15 bits per heavy atom. The Bertz CT molecular complexity index is 542. The maximum Gasteiger partial charge on any atom is 0.261 e. The number of hydrogen-bond acceptors (Lipinski definition) is 3. The lowest BCUT2D eigenvalue weighted by atomic mass is 10.0. The van der Waals surface area contributed by atoms with E-state index in [-0.39, 0.29) is 11.8 Å². The summed E-state index contributed by atoms with van der Waals surface area (Å²) in [6.45, 7) is 0.721. The second-order valence-electron chi connectivity index (χ2n) is 5.26. The first-order chi connectivity index (χ1) is 9.72. The zero-order valence-corrected chi connectivity index (χ0v) is 11.3. The molecule has 0 spiro atoms. The molecular formula is C15H18N2O3. The number of rotatable bonds is 2. The van der Waals surface area contributed by atoms with Gasteiger partial charge in [-0.3, -0.25) is 9.59 Å². The summed E-state index contributed by atoms with van der Waals surface area (Å²) in [5.74, 6) is 0.610. The van der Waals surface area contributed by atoms with Crippen molar-refractivity contribution in [2.75, 3.05) is 11.9 Å². The minimum Gasteiger partial charge on any atom is -0.481 e. The van der Waals surface area contributed by atoms with E-state index in [9.17, 15) is 9.59 Å². The van der Waals surface area contributed by atoms with Gasteiger partial charge in [0, 0.05) is 24.7 Å². The zero-order chi connectivity index (χ0) is 13.9. The van der Waals surface area contributed by atoms with Crippen molar-refractivity contribution in [3.05, 3.63) is 23.8 Å². The van der Waals surface area contributed by atoms with Crippen LogP contribution < -0.4 is 15.4 Å². The summed E-state index contributed by atoms with van der Waals surface area (Å²) < 4.78 is 5.79. The van der Waals surface area contributed by atoms with E-state index in [1.807, 2.05) is 18.2 Å². The van der Waals surface area contributed by atoms with Gasteiger partial charge in [0.05, 0.1) is 0 Å². The van der Waals surface area contributed by atoms with E-state index in [1.165, 1.54) is 0 Å². The molecule has 1 fully saturated rings. The number of ether oxygens (including phenoxy) is 1. The van der Waals surface area contributed by atoms with E-state index in [4.69, 9.17) is 4.74 Å². The van der Waals surface area contributed by atoms with E-state index in [0.717, 1.165) is 43.5 Å². The van der Waals surface area contributed by atoms with Crippen molar-refractivity contribution in [1.82, 2.24) is 5.32 Å². The van der Waals surface area contributed by atoms with Crippen molar-refractivity contribution in [1.29, 1.82) is 0 Å². The van der Waals surface area contributed by atoms with Gasteiger partial charge in [-0.25, -0.2) is 0 Å². The first-order valence-corrected chi connectivity index (χ1v) is 7.09. The molecule has 20 heavy (non-hydrogen) atoms. The molecule has 2 heterocycles. The molecule has 0 radical (unpaired) electrons. The van der Waals surface area contributed by atoms with Crippen LogP contribution in [0, 0.1) is 0 Å². The van der Waals surface area contributed by atoms with Crippen molar-refractivity contribution in [3.63, 3.8) is 0 Å². The normalized spacial score (nSPS) is 22.3. The van der Waals surface area contributed by atoms with Gasteiger partial charge in [-0.2, -0.15) is 0 Å². The van der Waals surface area contributed by atoms with Crippen molar-refractivity contribution >= 4 is 17.5 Å². The molecule has 2 aliphatic heterocycles. The summed E-state index contributed by atoms with van der Waals surface area (Å²) in [5.41, 5.74) is 1.91. The highest BCUT2D eigenvalue weighted by Crippen LogP contribution is 2.28.